The maximum atomic E-state index is 11.9. The second kappa shape index (κ2) is 9.48. The van der Waals surface area contributed by atoms with Crippen LogP contribution in [-0.4, -0.2) is 51.2 Å². The minimum absolute atomic E-state index is 0.906. The summed E-state index contributed by atoms with van der Waals surface area (Å²) in [5, 5.41) is 3.52. The molecule has 2 aliphatic heterocycles. The van der Waals surface area contributed by atoms with Gasteiger partial charge in [0.25, 0.3) is 0 Å². The molecule has 1 saturated heterocycles. The van der Waals surface area contributed by atoms with E-state index < -0.39 is 18.9 Å². The minimum atomic E-state index is -1.76. The van der Waals surface area contributed by atoms with Crippen LogP contribution in [0.4, 0.5) is 5.69 Å². The maximum absolute atomic E-state index is 11.9. The third-order valence-corrected chi connectivity index (χ3v) is 8.86. The summed E-state index contributed by atoms with van der Waals surface area (Å²) in [6.07, 6.45) is 7.07. The van der Waals surface area contributed by atoms with Gasteiger partial charge in [0.2, 0.25) is 0 Å². The summed E-state index contributed by atoms with van der Waals surface area (Å²) in [4.78, 5) is 19.2. The molecule has 25 heavy (non-hydrogen) atoms. The van der Waals surface area contributed by atoms with E-state index in [9.17, 15) is 4.79 Å². The summed E-state index contributed by atoms with van der Waals surface area (Å²) in [5.41, 5.74) is 2.27. The Kier molecular flexibility index (Phi) is 7.04. The van der Waals surface area contributed by atoms with Crippen LogP contribution in [0.3, 0.4) is 0 Å². The molecule has 1 fully saturated rings. The zero-order chi connectivity index (χ0) is 17.5. The van der Waals surface area contributed by atoms with Crippen molar-refractivity contribution in [3.63, 3.8) is 0 Å². The Hall–Kier alpha value is -1.21. The SMILES string of the molecule is C=I1=C(C=O)C(N2CCCCCCNCCC2)=Nc2ccccc2C1. The van der Waals surface area contributed by atoms with E-state index in [1.54, 1.807) is 0 Å². The molecule has 0 spiro atoms. The fourth-order valence-corrected chi connectivity index (χ4v) is 6.90. The molecule has 0 aliphatic carbocycles. The predicted octanol–water partition coefficient (Wildman–Crippen LogP) is 3.40. The van der Waals surface area contributed by atoms with E-state index in [0.29, 0.717) is 0 Å². The van der Waals surface area contributed by atoms with Crippen LogP contribution in [0.15, 0.2) is 29.3 Å². The van der Waals surface area contributed by atoms with Crippen LogP contribution >= 0.6 is 18.9 Å². The van der Waals surface area contributed by atoms with Gasteiger partial charge in [-0.3, -0.25) is 4.79 Å². The zero-order valence-electron chi connectivity index (χ0n) is 14.8. The number of carbonyl (C=O) groups is 1. The topological polar surface area (TPSA) is 44.7 Å². The maximum Gasteiger partial charge on any atom is 0.158 e. The summed E-state index contributed by atoms with van der Waals surface area (Å²) < 4.78 is 6.25. The highest BCUT2D eigenvalue weighted by molar-refractivity contribution is 14.2. The molecule has 2 heterocycles. The molecule has 0 bridgehead atoms. The average Bonchev–Trinajstić information content (AvgIpc) is 2.80. The van der Waals surface area contributed by atoms with Crippen molar-refractivity contribution in [2.45, 2.75) is 36.5 Å². The fourth-order valence-electron chi connectivity index (χ4n) is 3.35. The van der Waals surface area contributed by atoms with Gasteiger partial charge in [-0.2, -0.15) is 0 Å². The number of benzene rings is 1. The number of aldehydes is 1. The first-order valence-electron chi connectivity index (χ1n) is 9.19. The van der Waals surface area contributed by atoms with E-state index in [-0.39, 0.29) is 0 Å². The van der Waals surface area contributed by atoms with Crippen LogP contribution in [0.1, 0.15) is 37.7 Å². The van der Waals surface area contributed by atoms with Crippen LogP contribution < -0.4 is 5.32 Å². The highest BCUT2D eigenvalue weighted by atomic mass is 127. The summed E-state index contributed by atoms with van der Waals surface area (Å²) in [6, 6.07) is 8.30. The van der Waals surface area contributed by atoms with Gasteiger partial charge in [-0.15, -0.1) is 18.9 Å². The molecule has 1 aromatic rings. The molecule has 5 heteroatoms. The Balaban J connectivity index is 1.94. The first-order valence-corrected chi connectivity index (χ1v) is 13.3. The summed E-state index contributed by atoms with van der Waals surface area (Å²) in [5.74, 6) is 0.916. The molecular formula is C20H28IN3O. The van der Waals surface area contributed by atoms with Gasteiger partial charge >= 0.3 is 0 Å². The quantitative estimate of drug-likeness (QED) is 0.403. The van der Waals surface area contributed by atoms with Crippen molar-refractivity contribution < 1.29 is 4.79 Å². The second-order valence-electron chi connectivity index (χ2n) is 6.62. The number of halogens is 1. The van der Waals surface area contributed by atoms with Crippen LogP contribution in [0.5, 0.6) is 0 Å². The largest absolute Gasteiger partial charge is 0.356 e. The lowest BCUT2D eigenvalue weighted by molar-refractivity contribution is -0.102. The van der Waals surface area contributed by atoms with E-state index in [0.717, 1.165) is 64.8 Å². The second-order valence-corrected chi connectivity index (χ2v) is 11.2. The van der Waals surface area contributed by atoms with Gasteiger partial charge < -0.3 is 10.2 Å². The number of nitrogens with zero attached hydrogens (tertiary/aromatic N) is 2. The van der Waals surface area contributed by atoms with Crippen molar-refractivity contribution in [1.29, 1.82) is 0 Å². The van der Waals surface area contributed by atoms with Crippen LogP contribution in [-0.2, 0) is 9.22 Å². The average molecular weight is 453 g/mol. The molecule has 0 radical (unpaired) electrons. The molecule has 1 N–H and O–H groups in total. The Bertz CT molecular complexity index is 707. The van der Waals surface area contributed by atoms with Crippen molar-refractivity contribution >= 4 is 44.7 Å². The number of nitrogens with one attached hydrogen (secondary N) is 1. The molecule has 0 aromatic heterocycles. The third kappa shape index (κ3) is 4.91. The standard InChI is InChI=1S/C20H28IN3O/c1-21-15-17-9-4-5-10-19(17)23-20(18(21)16-25)24-13-7-3-2-6-11-22-12-8-14-24/h4-5,9-10,16,22H,1-3,6-8,11-15H2. The van der Waals surface area contributed by atoms with Crippen molar-refractivity contribution in [1.82, 2.24) is 10.2 Å². The lowest BCUT2D eigenvalue weighted by Gasteiger charge is -2.26. The number of para-hydroxylation sites is 1. The fraction of sp³-hybridized carbons (Fsp3) is 0.500. The van der Waals surface area contributed by atoms with Gasteiger partial charge in [0.05, 0.1) is 9.20 Å². The van der Waals surface area contributed by atoms with E-state index in [1.807, 2.05) is 6.07 Å². The predicted molar refractivity (Wildman–Crippen MR) is 117 cm³/mol. The van der Waals surface area contributed by atoms with E-state index in [2.05, 4.69) is 32.9 Å². The highest BCUT2D eigenvalue weighted by Crippen LogP contribution is 2.31. The molecule has 136 valence electrons. The number of hydrogen-bond donors (Lipinski definition) is 1. The summed E-state index contributed by atoms with van der Waals surface area (Å²) in [7, 11) is 0. The smallest absolute Gasteiger partial charge is 0.158 e. The van der Waals surface area contributed by atoms with Gasteiger partial charge in [-0.1, -0.05) is 35.6 Å². The molecular weight excluding hydrogens is 425 g/mol. The number of hydrogen-bond acceptors (Lipinski definition) is 4. The molecule has 2 aliphatic rings. The van der Waals surface area contributed by atoms with Gasteiger partial charge in [-0.25, -0.2) is 4.99 Å². The summed E-state index contributed by atoms with van der Waals surface area (Å²) in [6.45, 7) is 4.09. The number of amidine groups is 1. The minimum Gasteiger partial charge on any atom is -0.356 e. The Morgan fingerprint density at radius 2 is 1.84 bits per heavy atom. The molecule has 0 saturated carbocycles. The lowest BCUT2D eigenvalue weighted by Crippen LogP contribution is -2.39. The number of aliphatic imine (C=N–C) groups is 1. The third-order valence-electron chi connectivity index (χ3n) is 4.74. The van der Waals surface area contributed by atoms with E-state index in [4.69, 9.17) is 4.99 Å². The van der Waals surface area contributed by atoms with Crippen molar-refractivity contribution in [3.8, 4) is 0 Å². The monoisotopic (exact) mass is 453 g/mol. The molecule has 3 rings (SSSR count). The number of rotatable bonds is 1. The Labute approximate surface area is 157 Å². The molecule has 0 atom stereocenters. The van der Waals surface area contributed by atoms with Gasteiger partial charge in [0.1, 0.15) is 5.84 Å². The number of alkyl halides is 1. The van der Waals surface area contributed by atoms with Crippen molar-refractivity contribution in [2.24, 2.45) is 4.99 Å². The highest BCUT2D eigenvalue weighted by Gasteiger charge is 2.20. The van der Waals surface area contributed by atoms with Crippen molar-refractivity contribution in [2.75, 3.05) is 26.2 Å². The van der Waals surface area contributed by atoms with Gasteiger partial charge in [-0.05, 0) is 44.0 Å². The molecule has 0 unspecified atom stereocenters. The van der Waals surface area contributed by atoms with Gasteiger partial charge in [0, 0.05) is 17.5 Å². The zero-order valence-corrected chi connectivity index (χ0v) is 17.0. The first-order chi connectivity index (χ1) is 12.3. The first kappa shape index (κ1) is 18.6. The number of fused-ring (bicyclic) bond motifs is 1. The molecule has 4 nitrogen and oxygen atoms in total. The normalized spacial score (nSPS) is 20.9. The summed E-state index contributed by atoms with van der Waals surface area (Å²) >= 11 is -1.76. The van der Waals surface area contributed by atoms with Gasteiger partial charge in [0.15, 0.2) is 6.29 Å². The molecule has 0 amide bonds. The van der Waals surface area contributed by atoms with E-state index in [1.165, 1.54) is 24.8 Å². The molecule has 1 aromatic carbocycles. The van der Waals surface area contributed by atoms with Crippen LogP contribution in [0, 0.1) is 0 Å². The van der Waals surface area contributed by atoms with Crippen LogP contribution in [0.25, 0.3) is 0 Å². The van der Waals surface area contributed by atoms with E-state index >= 15 is 0 Å². The Morgan fingerprint density at radius 1 is 1.08 bits per heavy atom. The number of carbonyl (C=O) groups excluding carboxylic acids is 1. The van der Waals surface area contributed by atoms with Crippen molar-refractivity contribution in [3.05, 3.63) is 29.8 Å². The van der Waals surface area contributed by atoms with Crippen LogP contribution in [0.2, 0.25) is 0 Å². The lowest BCUT2D eigenvalue weighted by atomic mass is 10.2. The Morgan fingerprint density at radius 3 is 2.72 bits per heavy atom.